The van der Waals surface area contributed by atoms with Gasteiger partial charge in [0, 0.05) is 26.2 Å². The Morgan fingerprint density at radius 3 is 2.95 bits per heavy atom. The number of hydrogen-bond donors (Lipinski definition) is 3. The monoisotopic (exact) mass is 266 g/mol. The Hall–Kier alpha value is -1.86. The Morgan fingerprint density at radius 2 is 2.21 bits per heavy atom. The van der Waals surface area contributed by atoms with Gasteiger partial charge >= 0.3 is 0 Å². The summed E-state index contributed by atoms with van der Waals surface area (Å²) in [5.41, 5.74) is 0.235. The van der Waals surface area contributed by atoms with Gasteiger partial charge in [0.2, 0.25) is 0 Å². The normalized spacial score (nSPS) is 16.8. The van der Waals surface area contributed by atoms with Crippen molar-refractivity contribution in [3.05, 3.63) is 17.8 Å². The summed E-state index contributed by atoms with van der Waals surface area (Å²) < 4.78 is 5.28. The van der Waals surface area contributed by atoms with Crippen LogP contribution in [0.3, 0.4) is 0 Å². The number of morpholine rings is 1. The van der Waals surface area contributed by atoms with Gasteiger partial charge in [-0.2, -0.15) is 0 Å². The molecule has 0 atom stereocenters. The molecule has 1 aliphatic heterocycles. The molecule has 0 bridgehead atoms. The molecule has 2 rings (SSSR count). The molecule has 1 aromatic rings. The number of oxime groups is 1. The van der Waals surface area contributed by atoms with Crippen LogP contribution in [0.1, 0.15) is 5.69 Å². The first-order valence-corrected chi connectivity index (χ1v) is 6.21. The van der Waals surface area contributed by atoms with Gasteiger partial charge in [0.25, 0.3) is 0 Å². The fourth-order valence-corrected chi connectivity index (χ4v) is 1.88. The van der Waals surface area contributed by atoms with Crippen molar-refractivity contribution in [3.8, 4) is 5.75 Å². The van der Waals surface area contributed by atoms with Gasteiger partial charge in [-0.25, -0.2) is 4.98 Å². The lowest BCUT2D eigenvalue weighted by Crippen LogP contribution is -2.39. The molecule has 7 nitrogen and oxygen atoms in total. The van der Waals surface area contributed by atoms with Crippen molar-refractivity contribution < 1.29 is 15.1 Å². The summed E-state index contributed by atoms with van der Waals surface area (Å²) in [6, 6.07) is 3.20. The number of nitrogens with zero attached hydrogens (tertiary/aromatic N) is 3. The molecule has 0 unspecified atom stereocenters. The molecule has 3 N–H and O–H groups in total. The van der Waals surface area contributed by atoms with Crippen LogP contribution in [-0.2, 0) is 4.74 Å². The molecule has 2 heterocycles. The highest BCUT2D eigenvalue weighted by Crippen LogP contribution is 2.15. The minimum Gasteiger partial charge on any atom is -0.506 e. The zero-order valence-electron chi connectivity index (χ0n) is 10.6. The number of anilines is 1. The second-order valence-corrected chi connectivity index (χ2v) is 4.23. The van der Waals surface area contributed by atoms with E-state index >= 15 is 0 Å². The van der Waals surface area contributed by atoms with E-state index in [1.165, 1.54) is 6.07 Å². The molecule has 0 saturated carbocycles. The van der Waals surface area contributed by atoms with Crippen molar-refractivity contribution in [2.24, 2.45) is 5.16 Å². The number of aromatic nitrogens is 1. The van der Waals surface area contributed by atoms with E-state index in [1.54, 1.807) is 6.07 Å². The van der Waals surface area contributed by atoms with E-state index in [-0.39, 0.29) is 11.4 Å². The first-order chi connectivity index (χ1) is 9.29. The minimum atomic E-state index is -0.0171. The second kappa shape index (κ2) is 6.91. The van der Waals surface area contributed by atoms with Crippen LogP contribution in [0.4, 0.5) is 5.82 Å². The maximum Gasteiger partial charge on any atom is 0.143 e. The summed E-state index contributed by atoms with van der Waals surface area (Å²) in [5.74, 6) is 0.623. The molecule has 7 heteroatoms. The van der Waals surface area contributed by atoms with Gasteiger partial charge in [0.05, 0.1) is 19.4 Å². The Labute approximate surface area is 111 Å². The molecular formula is C12H18N4O3. The molecule has 1 saturated heterocycles. The van der Waals surface area contributed by atoms with Crippen LogP contribution < -0.4 is 5.32 Å². The summed E-state index contributed by atoms with van der Waals surface area (Å²) in [6.07, 6.45) is 1.10. The van der Waals surface area contributed by atoms with E-state index in [0.29, 0.717) is 5.82 Å². The van der Waals surface area contributed by atoms with Crippen molar-refractivity contribution in [1.29, 1.82) is 0 Å². The molecule has 104 valence electrons. The lowest BCUT2D eigenvalue weighted by molar-refractivity contribution is 0.0398. The Balaban J connectivity index is 1.83. The maximum absolute atomic E-state index is 9.48. The van der Waals surface area contributed by atoms with Gasteiger partial charge in [-0.05, 0) is 12.1 Å². The topological polar surface area (TPSA) is 90.2 Å². The summed E-state index contributed by atoms with van der Waals surface area (Å²) in [7, 11) is 0. The lowest BCUT2D eigenvalue weighted by Gasteiger charge is -2.26. The third-order valence-corrected chi connectivity index (χ3v) is 2.92. The fourth-order valence-electron chi connectivity index (χ4n) is 1.88. The third kappa shape index (κ3) is 4.08. The predicted octanol–water partition coefficient (Wildman–Crippen LogP) is 0.339. The van der Waals surface area contributed by atoms with Crippen molar-refractivity contribution in [3.63, 3.8) is 0 Å². The SMILES string of the molecule is O/N=C/c1nc(NCCN2CCOCC2)ccc1O. The second-order valence-electron chi connectivity index (χ2n) is 4.23. The van der Waals surface area contributed by atoms with E-state index < -0.39 is 0 Å². The van der Waals surface area contributed by atoms with Crippen molar-refractivity contribution in [2.45, 2.75) is 0 Å². The smallest absolute Gasteiger partial charge is 0.143 e. The van der Waals surface area contributed by atoms with E-state index in [2.05, 4.69) is 20.4 Å². The maximum atomic E-state index is 9.48. The highest BCUT2D eigenvalue weighted by atomic mass is 16.5. The number of ether oxygens (including phenoxy) is 1. The highest BCUT2D eigenvalue weighted by Gasteiger charge is 2.09. The van der Waals surface area contributed by atoms with Crippen LogP contribution in [0.25, 0.3) is 0 Å². The van der Waals surface area contributed by atoms with E-state index in [4.69, 9.17) is 9.94 Å². The van der Waals surface area contributed by atoms with Gasteiger partial charge < -0.3 is 20.4 Å². The molecule has 1 aromatic heterocycles. The third-order valence-electron chi connectivity index (χ3n) is 2.92. The minimum absolute atomic E-state index is 0.0171. The lowest BCUT2D eigenvalue weighted by atomic mass is 10.3. The summed E-state index contributed by atoms with van der Waals surface area (Å²) >= 11 is 0. The quantitative estimate of drug-likeness (QED) is 0.404. The van der Waals surface area contributed by atoms with Crippen molar-refractivity contribution in [2.75, 3.05) is 44.7 Å². The highest BCUT2D eigenvalue weighted by molar-refractivity contribution is 5.80. The fraction of sp³-hybridized carbons (Fsp3) is 0.500. The average Bonchev–Trinajstić information content (AvgIpc) is 2.44. The average molecular weight is 266 g/mol. The van der Waals surface area contributed by atoms with Gasteiger partial charge in [0.1, 0.15) is 17.3 Å². The number of aromatic hydroxyl groups is 1. The van der Waals surface area contributed by atoms with Gasteiger partial charge in [-0.3, -0.25) is 4.90 Å². The summed E-state index contributed by atoms with van der Waals surface area (Å²) in [5, 5.41) is 24.0. The Bertz CT molecular complexity index is 433. The molecule has 0 aliphatic carbocycles. The van der Waals surface area contributed by atoms with Gasteiger partial charge in [-0.15, -0.1) is 0 Å². The van der Waals surface area contributed by atoms with E-state index in [0.717, 1.165) is 45.6 Å². The molecule has 0 spiro atoms. The molecule has 1 fully saturated rings. The molecular weight excluding hydrogens is 248 g/mol. The molecule has 0 amide bonds. The van der Waals surface area contributed by atoms with Crippen LogP contribution in [0.15, 0.2) is 17.3 Å². The van der Waals surface area contributed by atoms with Crippen molar-refractivity contribution >= 4 is 12.0 Å². The van der Waals surface area contributed by atoms with Crippen LogP contribution in [0.5, 0.6) is 5.75 Å². The number of pyridine rings is 1. The van der Waals surface area contributed by atoms with Gasteiger partial charge in [-0.1, -0.05) is 5.16 Å². The largest absolute Gasteiger partial charge is 0.506 e. The van der Waals surface area contributed by atoms with Crippen LogP contribution >= 0.6 is 0 Å². The van der Waals surface area contributed by atoms with Crippen molar-refractivity contribution in [1.82, 2.24) is 9.88 Å². The van der Waals surface area contributed by atoms with Crippen LogP contribution in [0.2, 0.25) is 0 Å². The van der Waals surface area contributed by atoms with Crippen LogP contribution in [-0.4, -0.2) is 65.8 Å². The molecule has 0 radical (unpaired) electrons. The van der Waals surface area contributed by atoms with Gasteiger partial charge in [0.15, 0.2) is 0 Å². The molecule has 1 aliphatic rings. The number of hydrogen-bond acceptors (Lipinski definition) is 7. The Morgan fingerprint density at radius 1 is 1.42 bits per heavy atom. The zero-order chi connectivity index (χ0) is 13.5. The summed E-state index contributed by atoms with van der Waals surface area (Å²) in [6.45, 7) is 5.15. The van der Waals surface area contributed by atoms with Crippen LogP contribution in [0, 0.1) is 0 Å². The Kier molecular flexibility index (Phi) is 4.93. The summed E-state index contributed by atoms with van der Waals surface area (Å²) in [4.78, 5) is 6.44. The first kappa shape index (κ1) is 13.6. The molecule has 19 heavy (non-hydrogen) atoms. The number of rotatable bonds is 5. The standard InChI is InChI=1S/C12H18N4O3/c17-11-1-2-12(15-10(11)9-14-18)13-3-4-16-5-7-19-8-6-16/h1-2,9,17-18H,3-8H2,(H,13,15)/b14-9+. The number of nitrogens with one attached hydrogen (secondary N) is 1. The zero-order valence-corrected chi connectivity index (χ0v) is 10.6. The molecule has 0 aromatic carbocycles. The predicted molar refractivity (Wildman–Crippen MR) is 71.0 cm³/mol. The van der Waals surface area contributed by atoms with E-state index in [1.807, 2.05) is 0 Å². The van der Waals surface area contributed by atoms with E-state index in [9.17, 15) is 5.11 Å². The first-order valence-electron chi connectivity index (χ1n) is 6.21.